The van der Waals surface area contributed by atoms with Crippen LogP contribution in [0.25, 0.3) is 21.9 Å². The molecule has 2 N–H and O–H groups in total. The number of nitrogens with one attached hydrogen (secondary N) is 2. The van der Waals surface area contributed by atoms with Crippen LogP contribution in [0.4, 0.5) is 0 Å². The Kier molecular flexibility index (Phi) is 8.41. The van der Waals surface area contributed by atoms with Crippen molar-refractivity contribution in [1.82, 2.24) is 49.5 Å². The van der Waals surface area contributed by atoms with Crippen LogP contribution >= 0.6 is 0 Å². The van der Waals surface area contributed by atoms with Crippen molar-refractivity contribution in [2.45, 2.75) is 13.1 Å². The minimum atomic E-state index is -0.292. The lowest BCUT2D eigenvalue weighted by atomic mass is 10.2. The summed E-state index contributed by atoms with van der Waals surface area (Å²) in [6.45, 7) is 1.27. The highest BCUT2D eigenvalue weighted by Crippen LogP contribution is 2.19. The molecular weight excluding hydrogens is 612 g/mol. The summed E-state index contributed by atoms with van der Waals surface area (Å²) in [6.07, 6.45) is 11.3. The van der Waals surface area contributed by atoms with Gasteiger partial charge in [0.1, 0.15) is 0 Å². The average molecular weight is 639 g/mol. The van der Waals surface area contributed by atoms with E-state index in [1.54, 1.807) is 64.7 Å². The number of aromatic nitrogens is 10. The van der Waals surface area contributed by atoms with Crippen molar-refractivity contribution in [3.8, 4) is 23.5 Å². The SMILES string of the molecule is O=c1[nH]c(Oc2cnn(Cc3ccccc3)c2)nc2cnccc12.O=c1[nH]c(Oc2cnn(Cc3ccccc3)c2)nc2ncccc12. The van der Waals surface area contributed by atoms with Crippen LogP contribution in [0.1, 0.15) is 11.1 Å². The second-order valence-electron chi connectivity index (χ2n) is 10.4. The van der Waals surface area contributed by atoms with E-state index in [0.29, 0.717) is 46.5 Å². The molecule has 2 aromatic carbocycles. The zero-order valence-electron chi connectivity index (χ0n) is 25.2. The minimum absolute atomic E-state index is 0.0884. The van der Waals surface area contributed by atoms with E-state index in [4.69, 9.17) is 9.47 Å². The lowest BCUT2D eigenvalue weighted by Crippen LogP contribution is -2.09. The quantitative estimate of drug-likeness (QED) is 0.237. The first-order valence-corrected chi connectivity index (χ1v) is 14.7. The maximum atomic E-state index is 12.0. The monoisotopic (exact) mass is 638 g/mol. The third-order valence-electron chi connectivity index (χ3n) is 6.97. The Morgan fingerprint density at radius 2 is 1.19 bits per heavy atom. The van der Waals surface area contributed by atoms with Gasteiger partial charge >= 0.3 is 12.0 Å². The average Bonchev–Trinajstić information content (AvgIpc) is 3.74. The molecule has 14 heteroatoms. The number of rotatable bonds is 8. The van der Waals surface area contributed by atoms with Crippen LogP contribution in [0.2, 0.25) is 0 Å². The van der Waals surface area contributed by atoms with Crippen molar-refractivity contribution in [3.63, 3.8) is 0 Å². The highest BCUT2D eigenvalue weighted by atomic mass is 16.5. The van der Waals surface area contributed by atoms with Crippen molar-refractivity contribution >= 4 is 21.9 Å². The molecule has 14 nitrogen and oxygen atoms in total. The second-order valence-corrected chi connectivity index (χ2v) is 10.4. The van der Waals surface area contributed by atoms with Crippen molar-refractivity contribution in [2.24, 2.45) is 0 Å². The van der Waals surface area contributed by atoms with Gasteiger partial charge in [-0.1, -0.05) is 60.7 Å². The van der Waals surface area contributed by atoms with Crippen molar-refractivity contribution < 1.29 is 9.47 Å². The van der Waals surface area contributed by atoms with Crippen molar-refractivity contribution in [2.75, 3.05) is 0 Å². The Balaban J connectivity index is 0.000000152. The number of hydrogen-bond donors (Lipinski definition) is 2. The van der Waals surface area contributed by atoms with E-state index in [1.165, 1.54) is 6.20 Å². The Hall–Kier alpha value is -6.96. The highest BCUT2D eigenvalue weighted by Gasteiger charge is 2.09. The summed E-state index contributed by atoms with van der Waals surface area (Å²) in [5.41, 5.74) is 2.53. The summed E-state index contributed by atoms with van der Waals surface area (Å²) >= 11 is 0. The number of hydrogen-bond acceptors (Lipinski definition) is 10. The number of nitrogens with zero attached hydrogens (tertiary/aromatic N) is 8. The Morgan fingerprint density at radius 3 is 1.81 bits per heavy atom. The fourth-order valence-electron chi connectivity index (χ4n) is 4.75. The molecule has 0 radical (unpaired) electrons. The smallest absolute Gasteiger partial charge is 0.304 e. The number of fused-ring (bicyclic) bond motifs is 2. The zero-order chi connectivity index (χ0) is 32.7. The maximum absolute atomic E-state index is 12.0. The van der Waals surface area contributed by atoms with Crippen molar-refractivity contribution in [1.29, 1.82) is 0 Å². The molecule has 0 spiro atoms. The summed E-state index contributed by atoms with van der Waals surface area (Å²) in [7, 11) is 0. The molecule has 0 aliphatic heterocycles. The summed E-state index contributed by atoms with van der Waals surface area (Å²) in [6, 6.07) is 25.1. The Labute approximate surface area is 271 Å². The first kappa shape index (κ1) is 29.7. The molecule has 48 heavy (non-hydrogen) atoms. The number of ether oxygens (including phenoxy) is 2. The zero-order valence-corrected chi connectivity index (χ0v) is 25.2. The standard InChI is InChI=1S/2C17H13N5O2/c23-16-14-7-4-8-18-15(14)20-17(21-16)24-13-9-19-22(11-13)10-12-5-2-1-3-6-12;23-16-14-6-7-18-9-15(14)20-17(21-16)24-13-8-19-22(11-13)10-12-4-2-1-3-5-12/h1-9,11H,10H2,(H,18,20,21,23);1-9,11H,10H2,(H,20,21,23). The van der Waals surface area contributed by atoms with Gasteiger partial charge in [0.2, 0.25) is 0 Å². The van der Waals surface area contributed by atoms with Gasteiger partial charge in [-0.2, -0.15) is 20.2 Å². The predicted octanol–water partition coefficient (Wildman–Crippen LogP) is 4.71. The molecule has 236 valence electrons. The fraction of sp³-hybridized carbons (Fsp3) is 0.0588. The van der Waals surface area contributed by atoms with Gasteiger partial charge in [-0.15, -0.1) is 0 Å². The van der Waals surface area contributed by atoms with Crippen LogP contribution < -0.4 is 20.6 Å². The highest BCUT2D eigenvalue weighted by molar-refractivity contribution is 5.76. The van der Waals surface area contributed by atoms with Gasteiger partial charge in [0.05, 0.1) is 60.4 Å². The second kappa shape index (κ2) is 13.6. The van der Waals surface area contributed by atoms with Crippen LogP contribution in [0, 0.1) is 0 Å². The van der Waals surface area contributed by atoms with E-state index in [-0.39, 0.29) is 23.1 Å². The first-order chi connectivity index (χ1) is 23.6. The first-order valence-electron chi connectivity index (χ1n) is 14.7. The molecule has 0 atom stereocenters. The lowest BCUT2D eigenvalue weighted by molar-refractivity contribution is 0.441. The molecule has 0 aliphatic carbocycles. The topological polar surface area (TPSA) is 171 Å². The van der Waals surface area contributed by atoms with E-state index in [2.05, 4.69) is 40.1 Å². The van der Waals surface area contributed by atoms with Gasteiger partial charge in [-0.3, -0.25) is 33.9 Å². The molecular formula is C34H26N10O4. The molecule has 0 fully saturated rings. The minimum Gasteiger partial charge on any atom is -0.422 e. The number of H-pyrrole nitrogens is 2. The van der Waals surface area contributed by atoms with E-state index < -0.39 is 0 Å². The van der Waals surface area contributed by atoms with Crippen LogP contribution in [-0.2, 0) is 13.1 Å². The molecule has 0 unspecified atom stereocenters. The number of aromatic amines is 2. The third kappa shape index (κ3) is 7.13. The summed E-state index contributed by atoms with van der Waals surface area (Å²) in [5.74, 6) is 0.988. The molecule has 0 saturated heterocycles. The summed E-state index contributed by atoms with van der Waals surface area (Å²) < 4.78 is 14.7. The molecule has 8 aromatic rings. The molecule has 0 bridgehead atoms. The molecule has 8 rings (SSSR count). The van der Waals surface area contributed by atoms with E-state index in [9.17, 15) is 9.59 Å². The van der Waals surface area contributed by atoms with Crippen LogP contribution in [0.5, 0.6) is 23.5 Å². The van der Waals surface area contributed by atoms with Crippen LogP contribution in [-0.4, -0.2) is 49.5 Å². The van der Waals surface area contributed by atoms with E-state index in [0.717, 1.165) is 11.1 Å². The molecule has 6 heterocycles. The normalized spacial score (nSPS) is 10.8. The van der Waals surface area contributed by atoms with E-state index in [1.807, 2.05) is 60.7 Å². The predicted molar refractivity (Wildman–Crippen MR) is 176 cm³/mol. The van der Waals surface area contributed by atoms with Gasteiger partial charge in [-0.25, -0.2) is 4.98 Å². The Morgan fingerprint density at radius 1 is 0.604 bits per heavy atom. The largest absolute Gasteiger partial charge is 0.422 e. The van der Waals surface area contributed by atoms with Gasteiger partial charge in [0.25, 0.3) is 11.1 Å². The number of pyridine rings is 2. The maximum Gasteiger partial charge on any atom is 0.304 e. The van der Waals surface area contributed by atoms with E-state index >= 15 is 0 Å². The van der Waals surface area contributed by atoms with Gasteiger partial charge in [-0.05, 0) is 29.3 Å². The Bertz CT molecular complexity index is 2250. The van der Waals surface area contributed by atoms with Crippen molar-refractivity contribution in [3.05, 3.63) is 154 Å². The third-order valence-corrected chi connectivity index (χ3v) is 6.97. The molecule has 6 aromatic heterocycles. The fourth-order valence-corrected chi connectivity index (χ4v) is 4.75. The summed E-state index contributed by atoms with van der Waals surface area (Å²) in [4.78, 5) is 45.7. The van der Waals surface area contributed by atoms with Gasteiger partial charge in [0, 0.05) is 12.4 Å². The summed E-state index contributed by atoms with van der Waals surface area (Å²) in [5, 5.41) is 9.39. The molecule has 0 saturated carbocycles. The molecule has 0 amide bonds. The number of benzene rings is 2. The molecule has 0 aliphatic rings. The van der Waals surface area contributed by atoms with Crippen LogP contribution in [0.15, 0.2) is 132 Å². The van der Waals surface area contributed by atoms with Gasteiger partial charge in [0.15, 0.2) is 17.1 Å². The van der Waals surface area contributed by atoms with Crippen LogP contribution in [0.3, 0.4) is 0 Å². The van der Waals surface area contributed by atoms with Gasteiger partial charge < -0.3 is 9.47 Å². The lowest BCUT2D eigenvalue weighted by Gasteiger charge is -2.03.